The van der Waals surface area contributed by atoms with E-state index in [0.717, 1.165) is 25.2 Å². The summed E-state index contributed by atoms with van der Waals surface area (Å²) in [4.78, 5) is 0. The molecule has 4 rings (SSSR count). The lowest BCUT2D eigenvalue weighted by Gasteiger charge is -2.50. The number of aliphatic hydroxyl groups is 1. The van der Waals surface area contributed by atoms with Crippen molar-refractivity contribution in [1.29, 1.82) is 0 Å². The van der Waals surface area contributed by atoms with E-state index in [1.807, 2.05) is 12.1 Å². The molecule has 0 spiro atoms. The maximum atomic E-state index is 10.4. The summed E-state index contributed by atoms with van der Waals surface area (Å²) in [6.07, 6.45) is 6.78. The van der Waals surface area contributed by atoms with Crippen LogP contribution in [-0.2, 0) is 6.42 Å². The highest BCUT2D eigenvalue weighted by Gasteiger charge is 2.54. The lowest BCUT2D eigenvalue weighted by Crippen LogP contribution is -2.43. The zero-order chi connectivity index (χ0) is 13.9. The van der Waals surface area contributed by atoms with Crippen molar-refractivity contribution in [3.63, 3.8) is 0 Å². The molecule has 0 amide bonds. The highest BCUT2D eigenvalue weighted by molar-refractivity contribution is 5.85. The topological polar surface area (TPSA) is 40.5 Å². The average molecular weight is 309 g/mol. The van der Waals surface area contributed by atoms with Crippen LogP contribution in [0.2, 0.25) is 0 Å². The summed E-state index contributed by atoms with van der Waals surface area (Å²) in [5, 5.41) is 20.0. The van der Waals surface area contributed by atoms with Gasteiger partial charge in [-0.2, -0.15) is 0 Å². The third-order valence-electron chi connectivity index (χ3n) is 6.66. The van der Waals surface area contributed by atoms with Crippen molar-refractivity contribution in [2.45, 2.75) is 57.5 Å². The number of aliphatic hydroxyl groups excluding tert-OH is 1. The first-order chi connectivity index (χ1) is 9.59. The van der Waals surface area contributed by atoms with Gasteiger partial charge in [0.15, 0.2) is 0 Å². The zero-order valence-electron chi connectivity index (χ0n) is 12.6. The first kappa shape index (κ1) is 15.2. The molecule has 116 valence electrons. The number of hydrogen-bond donors (Lipinski definition) is 2. The van der Waals surface area contributed by atoms with Crippen molar-refractivity contribution in [1.82, 2.24) is 0 Å². The number of fused-ring (bicyclic) bond motifs is 5. The Morgan fingerprint density at radius 1 is 1.14 bits per heavy atom. The summed E-state index contributed by atoms with van der Waals surface area (Å²) in [5.74, 6) is 2.49. The van der Waals surface area contributed by atoms with Gasteiger partial charge in [-0.1, -0.05) is 13.0 Å². The molecule has 2 fully saturated rings. The van der Waals surface area contributed by atoms with Crippen molar-refractivity contribution >= 4 is 12.4 Å². The summed E-state index contributed by atoms with van der Waals surface area (Å²) in [6, 6.07) is 5.96. The molecule has 0 radical (unpaired) electrons. The molecule has 2 saturated carbocycles. The van der Waals surface area contributed by atoms with Gasteiger partial charge in [-0.3, -0.25) is 0 Å². The van der Waals surface area contributed by atoms with E-state index in [4.69, 9.17) is 0 Å². The SMILES string of the molecule is C[C@]12CC[C@@H]3c4ccc(O)cc4CC[C@H]3[C@@H]1CC[C@H]2O.Cl. The summed E-state index contributed by atoms with van der Waals surface area (Å²) in [7, 11) is 0. The van der Waals surface area contributed by atoms with E-state index in [0.29, 0.717) is 17.6 Å². The van der Waals surface area contributed by atoms with Gasteiger partial charge in [-0.15, -0.1) is 12.4 Å². The molecule has 0 aromatic heterocycles. The van der Waals surface area contributed by atoms with E-state index in [1.165, 1.54) is 30.4 Å². The largest absolute Gasteiger partial charge is 0.508 e. The van der Waals surface area contributed by atoms with Crippen LogP contribution in [0.15, 0.2) is 18.2 Å². The van der Waals surface area contributed by atoms with Crippen molar-refractivity contribution in [3.8, 4) is 5.75 Å². The number of aryl methyl sites for hydroxylation is 1. The van der Waals surface area contributed by atoms with Gasteiger partial charge in [0, 0.05) is 0 Å². The van der Waals surface area contributed by atoms with Crippen LogP contribution < -0.4 is 0 Å². The molecule has 1 aromatic rings. The van der Waals surface area contributed by atoms with Crippen molar-refractivity contribution < 1.29 is 10.2 Å². The Morgan fingerprint density at radius 3 is 2.76 bits per heavy atom. The molecule has 0 saturated heterocycles. The van der Waals surface area contributed by atoms with Crippen LogP contribution in [0.1, 0.15) is 56.1 Å². The lowest BCUT2D eigenvalue weighted by atomic mass is 9.55. The molecule has 0 bridgehead atoms. The normalized spacial score (nSPS) is 40.7. The van der Waals surface area contributed by atoms with Gasteiger partial charge in [0.1, 0.15) is 5.75 Å². The fraction of sp³-hybridized carbons (Fsp3) is 0.667. The standard InChI is InChI=1S/C18H24O2.ClH/c1-18-9-8-14-13-5-3-12(19)10-11(13)2-4-15(14)16(18)6-7-17(18)20;/h3,5,10,14-17,19-20H,2,4,6-9H2,1H3;1H/t14-,15-,16+,17-,18+;/m1./s1. The Kier molecular flexibility index (Phi) is 3.74. The minimum atomic E-state index is -0.0883. The average Bonchev–Trinajstić information content (AvgIpc) is 2.74. The molecule has 1 aromatic carbocycles. The smallest absolute Gasteiger partial charge is 0.115 e. The van der Waals surface area contributed by atoms with E-state index < -0.39 is 0 Å². The number of benzene rings is 1. The molecular formula is C18H25ClO2. The summed E-state index contributed by atoms with van der Waals surface area (Å²) < 4.78 is 0. The third-order valence-corrected chi connectivity index (χ3v) is 6.66. The lowest BCUT2D eigenvalue weighted by molar-refractivity contribution is -0.0226. The van der Waals surface area contributed by atoms with Gasteiger partial charge < -0.3 is 10.2 Å². The number of hydrogen-bond acceptors (Lipinski definition) is 2. The minimum Gasteiger partial charge on any atom is -0.508 e. The first-order valence-electron chi connectivity index (χ1n) is 8.09. The fourth-order valence-electron chi connectivity index (χ4n) is 5.54. The molecule has 3 aliphatic rings. The van der Waals surface area contributed by atoms with E-state index in [2.05, 4.69) is 13.0 Å². The van der Waals surface area contributed by atoms with E-state index in [-0.39, 0.29) is 23.9 Å². The Morgan fingerprint density at radius 2 is 1.95 bits per heavy atom. The predicted octanol–water partition coefficient (Wildman–Crippen LogP) is 4.03. The van der Waals surface area contributed by atoms with Gasteiger partial charge in [-0.25, -0.2) is 0 Å². The summed E-state index contributed by atoms with van der Waals surface area (Å²) >= 11 is 0. The number of phenolic OH excluding ortho intramolecular Hbond substituents is 1. The molecule has 2 nitrogen and oxygen atoms in total. The van der Waals surface area contributed by atoms with Crippen LogP contribution in [0.4, 0.5) is 0 Å². The summed E-state index contributed by atoms with van der Waals surface area (Å²) in [6.45, 7) is 2.32. The van der Waals surface area contributed by atoms with E-state index in [9.17, 15) is 10.2 Å². The van der Waals surface area contributed by atoms with Gasteiger partial charge in [0.2, 0.25) is 0 Å². The second-order valence-corrected chi connectivity index (χ2v) is 7.44. The Bertz CT molecular complexity index is 544. The van der Waals surface area contributed by atoms with Crippen LogP contribution in [0.3, 0.4) is 0 Å². The zero-order valence-corrected chi connectivity index (χ0v) is 13.4. The van der Waals surface area contributed by atoms with Gasteiger partial charge in [-0.05, 0) is 85.0 Å². The molecule has 0 aliphatic heterocycles. The van der Waals surface area contributed by atoms with Crippen LogP contribution in [0.25, 0.3) is 0 Å². The van der Waals surface area contributed by atoms with Gasteiger partial charge in [0.05, 0.1) is 6.10 Å². The monoisotopic (exact) mass is 308 g/mol. The minimum absolute atomic E-state index is 0. The number of rotatable bonds is 0. The van der Waals surface area contributed by atoms with E-state index >= 15 is 0 Å². The maximum Gasteiger partial charge on any atom is 0.115 e. The van der Waals surface area contributed by atoms with Crippen molar-refractivity contribution in [3.05, 3.63) is 29.3 Å². The van der Waals surface area contributed by atoms with Crippen LogP contribution in [-0.4, -0.2) is 16.3 Å². The maximum absolute atomic E-state index is 10.4. The Hall–Kier alpha value is -0.730. The van der Waals surface area contributed by atoms with Crippen LogP contribution >= 0.6 is 12.4 Å². The molecule has 3 aliphatic carbocycles. The molecule has 21 heavy (non-hydrogen) atoms. The molecule has 0 heterocycles. The van der Waals surface area contributed by atoms with Crippen LogP contribution in [0, 0.1) is 17.3 Å². The van der Waals surface area contributed by atoms with Gasteiger partial charge >= 0.3 is 0 Å². The first-order valence-corrected chi connectivity index (χ1v) is 8.09. The molecule has 0 unspecified atom stereocenters. The second-order valence-electron chi connectivity index (χ2n) is 7.44. The highest BCUT2D eigenvalue weighted by atomic mass is 35.5. The van der Waals surface area contributed by atoms with Crippen LogP contribution in [0.5, 0.6) is 5.75 Å². The Balaban J connectivity index is 0.00000132. The molecule has 5 atom stereocenters. The van der Waals surface area contributed by atoms with Gasteiger partial charge in [0.25, 0.3) is 0 Å². The summed E-state index contributed by atoms with van der Waals surface area (Å²) in [5.41, 5.74) is 2.99. The number of halogens is 1. The fourth-order valence-corrected chi connectivity index (χ4v) is 5.54. The van der Waals surface area contributed by atoms with E-state index in [1.54, 1.807) is 0 Å². The number of aromatic hydroxyl groups is 1. The molecule has 3 heteroatoms. The predicted molar refractivity (Wildman–Crippen MR) is 86.0 cm³/mol. The second kappa shape index (κ2) is 5.17. The molecule has 2 N–H and O–H groups in total. The third kappa shape index (κ3) is 2.10. The number of phenols is 1. The molecular weight excluding hydrogens is 284 g/mol. The quantitative estimate of drug-likeness (QED) is 0.759. The highest BCUT2D eigenvalue weighted by Crippen LogP contribution is 2.60. The van der Waals surface area contributed by atoms with Crippen molar-refractivity contribution in [2.75, 3.05) is 0 Å². The van der Waals surface area contributed by atoms with Crippen molar-refractivity contribution in [2.24, 2.45) is 17.3 Å². The Labute approximate surface area is 133 Å².